The van der Waals surface area contributed by atoms with Crippen LogP contribution in [-0.2, 0) is 6.42 Å². The van der Waals surface area contributed by atoms with Gasteiger partial charge in [-0.3, -0.25) is 14.4 Å². The summed E-state index contributed by atoms with van der Waals surface area (Å²) in [5.74, 6) is -0.0322. The summed E-state index contributed by atoms with van der Waals surface area (Å²) in [4.78, 5) is 40.6. The van der Waals surface area contributed by atoms with Crippen LogP contribution in [0.4, 0.5) is 5.69 Å². The zero-order chi connectivity index (χ0) is 19.8. The molecule has 1 aliphatic rings. The predicted molar refractivity (Wildman–Crippen MR) is 105 cm³/mol. The number of amides is 1. The molecule has 1 amide bonds. The Balaban J connectivity index is 1.65. The Morgan fingerprint density at radius 3 is 2.71 bits per heavy atom. The van der Waals surface area contributed by atoms with Crippen molar-refractivity contribution in [2.24, 2.45) is 0 Å². The van der Waals surface area contributed by atoms with Gasteiger partial charge in [0.25, 0.3) is 11.5 Å². The summed E-state index contributed by atoms with van der Waals surface area (Å²) in [5.41, 5.74) is 2.99. The minimum Gasteiger partial charge on any atom is -0.469 e. The van der Waals surface area contributed by atoms with E-state index in [0.717, 1.165) is 16.9 Å². The number of aryl methyl sites for hydroxylation is 1. The van der Waals surface area contributed by atoms with Crippen molar-refractivity contribution in [2.45, 2.75) is 32.6 Å². The topological polar surface area (TPSA) is 92.2 Å². The van der Waals surface area contributed by atoms with Gasteiger partial charge in [-0.05, 0) is 55.7 Å². The summed E-state index contributed by atoms with van der Waals surface area (Å²) in [6, 6.07) is 10.6. The molecule has 28 heavy (non-hydrogen) atoms. The van der Waals surface area contributed by atoms with Crippen LogP contribution in [0.2, 0.25) is 0 Å². The van der Waals surface area contributed by atoms with Crippen molar-refractivity contribution in [1.82, 2.24) is 4.98 Å². The molecule has 4 rings (SSSR count). The van der Waals surface area contributed by atoms with E-state index in [1.54, 1.807) is 18.4 Å². The van der Waals surface area contributed by atoms with Gasteiger partial charge >= 0.3 is 0 Å². The molecule has 0 bridgehead atoms. The standard InChI is InChI=1S/C22H20N2O4/c1-12-5-3-6-17(13(12)2)23-21(26)16-11-15-18(24-22(16)27)9-14(10-19(15)25)20-7-4-8-28-20/h3-8,11,14H,9-10H2,1-2H3,(H,23,26)(H,24,27)/t14-/m0/s1. The second-order valence-corrected chi connectivity index (χ2v) is 7.15. The fourth-order valence-electron chi connectivity index (χ4n) is 3.60. The van der Waals surface area contributed by atoms with Crippen molar-refractivity contribution in [3.05, 3.63) is 86.7 Å². The number of H-pyrrole nitrogens is 1. The number of fused-ring (bicyclic) bond motifs is 1. The molecule has 2 heterocycles. The van der Waals surface area contributed by atoms with Crippen LogP contribution >= 0.6 is 0 Å². The number of carbonyl (C=O) groups excluding carboxylic acids is 2. The number of aromatic amines is 1. The highest BCUT2D eigenvalue weighted by Crippen LogP contribution is 2.31. The molecule has 142 valence electrons. The summed E-state index contributed by atoms with van der Waals surface area (Å²) in [7, 11) is 0. The van der Waals surface area contributed by atoms with Gasteiger partial charge in [0.15, 0.2) is 5.78 Å². The van der Waals surface area contributed by atoms with Crippen LogP contribution in [0.1, 0.15) is 55.6 Å². The molecule has 0 unspecified atom stereocenters. The number of ketones is 1. The van der Waals surface area contributed by atoms with Gasteiger partial charge in [0.2, 0.25) is 0 Å². The smallest absolute Gasteiger partial charge is 0.261 e. The van der Waals surface area contributed by atoms with Gasteiger partial charge in [0.05, 0.1) is 6.26 Å². The van der Waals surface area contributed by atoms with Crippen LogP contribution < -0.4 is 10.9 Å². The van der Waals surface area contributed by atoms with Crippen molar-refractivity contribution in [3.8, 4) is 0 Å². The Hall–Kier alpha value is -3.41. The van der Waals surface area contributed by atoms with Gasteiger partial charge < -0.3 is 14.7 Å². The Morgan fingerprint density at radius 1 is 1.14 bits per heavy atom. The van der Waals surface area contributed by atoms with Crippen LogP contribution in [0.15, 0.2) is 51.9 Å². The first kappa shape index (κ1) is 18.0. The highest BCUT2D eigenvalue weighted by atomic mass is 16.3. The molecule has 6 heteroatoms. The lowest BCUT2D eigenvalue weighted by molar-refractivity contribution is 0.0959. The van der Waals surface area contributed by atoms with E-state index in [-0.39, 0.29) is 23.7 Å². The Labute approximate surface area is 161 Å². The lowest BCUT2D eigenvalue weighted by Crippen LogP contribution is -2.29. The summed E-state index contributed by atoms with van der Waals surface area (Å²) in [6.45, 7) is 3.85. The normalized spacial score (nSPS) is 15.9. The maximum atomic E-state index is 12.7. The SMILES string of the molecule is Cc1cccc(NC(=O)c2cc3c([nH]c2=O)C[C@H](c2ccco2)CC3=O)c1C. The first-order valence-corrected chi connectivity index (χ1v) is 9.14. The van der Waals surface area contributed by atoms with Gasteiger partial charge in [0.1, 0.15) is 11.3 Å². The maximum absolute atomic E-state index is 12.7. The van der Waals surface area contributed by atoms with E-state index in [1.165, 1.54) is 6.07 Å². The summed E-state index contributed by atoms with van der Waals surface area (Å²) in [5, 5.41) is 2.78. The number of Topliss-reactive ketones (excluding diaryl/α,β-unsaturated/α-hetero) is 1. The molecular formula is C22H20N2O4. The summed E-state index contributed by atoms with van der Waals surface area (Å²) in [6.07, 6.45) is 2.34. The quantitative estimate of drug-likeness (QED) is 0.728. The number of benzene rings is 1. The number of hydrogen-bond donors (Lipinski definition) is 2. The lowest BCUT2D eigenvalue weighted by atomic mass is 9.84. The van der Waals surface area contributed by atoms with E-state index >= 15 is 0 Å². The molecule has 0 aliphatic heterocycles. The molecule has 0 saturated heterocycles. The number of carbonyl (C=O) groups is 2. The molecule has 2 N–H and O–H groups in total. The van der Waals surface area contributed by atoms with Gasteiger partial charge in [-0.25, -0.2) is 0 Å². The van der Waals surface area contributed by atoms with Crippen molar-refractivity contribution in [1.29, 1.82) is 0 Å². The maximum Gasteiger partial charge on any atom is 0.261 e. The van der Waals surface area contributed by atoms with Crippen LogP contribution in [-0.4, -0.2) is 16.7 Å². The van der Waals surface area contributed by atoms with E-state index in [9.17, 15) is 14.4 Å². The molecule has 6 nitrogen and oxygen atoms in total. The van der Waals surface area contributed by atoms with Crippen molar-refractivity contribution >= 4 is 17.4 Å². The highest BCUT2D eigenvalue weighted by molar-refractivity contribution is 6.07. The first-order valence-electron chi connectivity index (χ1n) is 9.14. The molecule has 0 spiro atoms. The zero-order valence-corrected chi connectivity index (χ0v) is 15.7. The van der Waals surface area contributed by atoms with E-state index in [1.807, 2.05) is 32.0 Å². The monoisotopic (exact) mass is 376 g/mol. The third kappa shape index (κ3) is 3.17. The molecule has 1 atom stereocenters. The number of rotatable bonds is 3. The van der Waals surface area contributed by atoms with Crippen LogP contribution in [0.3, 0.4) is 0 Å². The predicted octanol–water partition coefficient (Wildman–Crippen LogP) is 3.75. The first-order chi connectivity index (χ1) is 13.4. The van der Waals surface area contributed by atoms with Crippen molar-refractivity contribution in [2.75, 3.05) is 5.32 Å². The van der Waals surface area contributed by atoms with Crippen LogP contribution in [0, 0.1) is 13.8 Å². The molecule has 0 fully saturated rings. The molecule has 0 radical (unpaired) electrons. The third-order valence-electron chi connectivity index (χ3n) is 5.35. The molecule has 1 aromatic carbocycles. The minimum absolute atomic E-state index is 0.0653. The van der Waals surface area contributed by atoms with Crippen LogP contribution in [0.5, 0.6) is 0 Å². The molecule has 2 aromatic heterocycles. The number of hydrogen-bond acceptors (Lipinski definition) is 4. The van der Waals surface area contributed by atoms with Gasteiger partial charge in [-0.1, -0.05) is 12.1 Å². The Kier molecular flexibility index (Phi) is 4.47. The number of furan rings is 1. The fourth-order valence-corrected chi connectivity index (χ4v) is 3.60. The second kappa shape index (κ2) is 6.96. The summed E-state index contributed by atoms with van der Waals surface area (Å²) < 4.78 is 5.41. The Morgan fingerprint density at radius 2 is 1.96 bits per heavy atom. The van der Waals surface area contributed by atoms with Crippen LogP contribution in [0.25, 0.3) is 0 Å². The average Bonchev–Trinajstić information content (AvgIpc) is 3.19. The number of pyridine rings is 1. The lowest BCUT2D eigenvalue weighted by Gasteiger charge is -2.22. The number of nitrogens with one attached hydrogen (secondary N) is 2. The second-order valence-electron chi connectivity index (χ2n) is 7.15. The largest absolute Gasteiger partial charge is 0.469 e. The average molecular weight is 376 g/mol. The van der Waals surface area contributed by atoms with Crippen molar-refractivity contribution in [3.63, 3.8) is 0 Å². The number of aromatic nitrogens is 1. The van der Waals surface area contributed by atoms with E-state index in [0.29, 0.717) is 23.4 Å². The highest BCUT2D eigenvalue weighted by Gasteiger charge is 2.30. The molecule has 1 aliphatic carbocycles. The number of anilines is 1. The zero-order valence-electron chi connectivity index (χ0n) is 15.7. The van der Waals surface area contributed by atoms with Gasteiger partial charge in [-0.2, -0.15) is 0 Å². The molecular weight excluding hydrogens is 356 g/mol. The van der Waals surface area contributed by atoms with E-state index < -0.39 is 11.5 Å². The third-order valence-corrected chi connectivity index (χ3v) is 5.35. The molecule has 3 aromatic rings. The summed E-state index contributed by atoms with van der Waals surface area (Å²) >= 11 is 0. The Bertz CT molecular complexity index is 1130. The van der Waals surface area contributed by atoms with Gasteiger partial charge in [-0.15, -0.1) is 0 Å². The van der Waals surface area contributed by atoms with E-state index in [2.05, 4.69) is 10.3 Å². The van der Waals surface area contributed by atoms with Crippen molar-refractivity contribution < 1.29 is 14.0 Å². The van der Waals surface area contributed by atoms with Gasteiger partial charge in [0, 0.05) is 29.3 Å². The van der Waals surface area contributed by atoms with E-state index in [4.69, 9.17) is 4.42 Å². The molecule has 0 saturated carbocycles. The minimum atomic E-state index is -0.529. The fraction of sp³-hybridized carbons (Fsp3) is 0.227.